The summed E-state index contributed by atoms with van der Waals surface area (Å²) >= 11 is 1.07. The summed E-state index contributed by atoms with van der Waals surface area (Å²) in [6, 6.07) is 7.68. The third-order valence-electron chi connectivity index (χ3n) is 4.56. The molecule has 162 valence electrons. The number of sulfonamides is 1. The molecule has 1 unspecified atom stereocenters. The summed E-state index contributed by atoms with van der Waals surface area (Å²) in [5, 5.41) is 15.9. The van der Waals surface area contributed by atoms with Crippen LogP contribution in [0.3, 0.4) is 0 Å². The van der Waals surface area contributed by atoms with Crippen molar-refractivity contribution in [1.82, 2.24) is 9.62 Å². The number of nitrogens with zero attached hydrogens (tertiary/aromatic N) is 2. The van der Waals surface area contributed by atoms with Gasteiger partial charge < -0.3 is 15.4 Å². The Kier molecular flexibility index (Phi) is 6.69. The van der Waals surface area contributed by atoms with Crippen molar-refractivity contribution in [3.05, 3.63) is 46.2 Å². The zero-order valence-corrected chi connectivity index (χ0v) is 18.0. The van der Waals surface area contributed by atoms with Gasteiger partial charge in [0.2, 0.25) is 21.8 Å². The minimum atomic E-state index is -4.22. The molecule has 0 saturated carbocycles. The van der Waals surface area contributed by atoms with Crippen LogP contribution in [0.2, 0.25) is 0 Å². The van der Waals surface area contributed by atoms with E-state index in [1.807, 2.05) is 6.07 Å². The first-order chi connectivity index (χ1) is 14.8. The predicted molar refractivity (Wildman–Crippen MR) is 111 cm³/mol. The van der Waals surface area contributed by atoms with Gasteiger partial charge in [0, 0.05) is 13.1 Å². The van der Waals surface area contributed by atoms with Gasteiger partial charge >= 0.3 is 5.97 Å². The predicted octanol–water partition coefficient (Wildman–Crippen LogP) is 0.924. The Morgan fingerprint density at radius 1 is 1.35 bits per heavy atom. The first-order valence-electron chi connectivity index (χ1n) is 9.04. The molecular weight excluding hydrogens is 444 g/mol. The maximum atomic E-state index is 13.2. The van der Waals surface area contributed by atoms with Crippen LogP contribution in [-0.2, 0) is 24.3 Å². The monoisotopic (exact) mass is 462 g/mol. The molecule has 2 amide bonds. The van der Waals surface area contributed by atoms with Crippen LogP contribution < -0.4 is 10.6 Å². The number of hydrogen-bond acceptors (Lipinski definition) is 8. The lowest BCUT2D eigenvalue weighted by Gasteiger charge is -2.33. The van der Waals surface area contributed by atoms with E-state index in [-0.39, 0.29) is 34.1 Å². The Labute approximate surface area is 182 Å². The van der Waals surface area contributed by atoms with Crippen LogP contribution in [0, 0.1) is 11.3 Å². The highest BCUT2D eigenvalue weighted by Crippen LogP contribution is 2.26. The smallest absolute Gasteiger partial charge is 0.350 e. The lowest BCUT2D eigenvalue weighted by molar-refractivity contribution is -0.130. The number of thiophene rings is 1. The van der Waals surface area contributed by atoms with Crippen LogP contribution >= 0.6 is 11.3 Å². The number of amides is 2. The number of nitrogens with one attached hydrogen (secondary N) is 2. The highest BCUT2D eigenvalue weighted by Gasteiger charge is 2.40. The highest BCUT2D eigenvalue weighted by molar-refractivity contribution is 7.89. The van der Waals surface area contributed by atoms with E-state index in [4.69, 9.17) is 0 Å². The molecule has 1 saturated heterocycles. The molecule has 3 rings (SSSR count). The maximum absolute atomic E-state index is 13.2. The van der Waals surface area contributed by atoms with Gasteiger partial charge in [-0.25, -0.2) is 13.2 Å². The fourth-order valence-corrected chi connectivity index (χ4v) is 5.62. The van der Waals surface area contributed by atoms with Crippen molar-refractivity contribution in [3.8, 4) is 6.07 Å². The molecule has 2 heterocycles. The molecule has 0 spiro atoms. The molecule has 2 N–H and O–H groups in total. The maximum Gasteiger partial charge on any atom is 0.350 e. The van der Waals surface area contributed by atoms with Crippen LogP contribution in [0.5, 0.6) is 0 Å². The van der Waals surface area contributed by atoms with Gasteiger partial charge in [-0.1, -0.05) is 12.1 Å². The molecular formula is C19H18N4O6S2. The van der Waals surface area contributed by atoms with Crippen LogP contribution in [0.15, 0.2) is 40.6 Å². The summed E-state index contributed by atoms with van der Waals surface area (Å²) in [5.74, 6) is -1.91. The van der Waals surface area contributed by atoms with Gasteiger partial charge in [-0.15, -0.1) is 11.3 Å². The van der Waals surface area contributed by atoms with Crippen molar-refractivity contribution in [2.24, 2.45) is 0 Å². The third-order valence-corrected chi connectivity index (χ3v) is 7.43. The Morgan fingerprint density at radius 3 is 2.81 bits per heavy atom. The van der Waals surface area contributed by atoms with E-state index in [0.717, 1.165) is 15.6 Å². The van der Waals surface area contributed by atoms with E-state index >= 15 is 0 Å². The standard InChI is InChI=1S/C19H18N4O6S2/c1-29-19(26)17-13(6-9-30-17)22-16(24)10-14-18(25)21-7-8-23(14)31(27,28)15-5-3-2-4-12(15)11-20/h2-6,9,14H,7-8,10H2,1H3,(H,21,25)(H,22,24). The lowest BCUT2D eigenvalue weighted by Crippen LogP contribution is -2.58. The summed E-state index contributed by atoms with van der Waals surface area (Å²) < 4.78 is 32.0. The van der Waals surface area contributed by atoms with Gasteiger partial charge in [-0.2, -0.15) is 9.57 Å². The highest BCUT2D eigenvalue weighted by atomic mass is 32.2. The van der Waals surface area contributed by atoms with Crippen LogP contribution in [0.25, 0.3) is 0 Å². The van der Waals surface area contributed by atoms with E-state index in [9.17, 15) is 28.1 Å². The molecule has 1 aromatic heterocycles. The number of piperazine rings is 1. The Morgan fingerprint density at radius 2 is 2.10 bits per heavy atom. The topological polar surface area (TPSA) is 146 Å². The SMILES string of the molecule is COC(=O)c1sccc1NC(=O)CC1C(=O)NCCN1S(=O)(=O)c1ccccc1C#N. The summed E-state index contributed by atoms with van der Waals surface area (Å²) in [4.78, 5) is 36.8. The fraction of sp³-hybridized carbons (Fsp3) is 0.263. The second-order valence-electron chi connectivity index (χ2n) is 6.44. The number of rotatable bonds is 6. The quantitative estimate of drug-likeness (QED) is 0.607. The van der Waals surface area contributed by atoms with E-state index in [0.29, 0.717) is 0 Å². The summed E-state index contributed by atoms with van der Waals surface area (Å²) in [6.45, 7) is 0.0135. The van der Waals surface area contributed by atoms with E-state index < -0.39 is 40.3 Å². The Balaban J connectivity index is 1.86. The van der Waals surface area contributed by atoms with Crippen LogP contribution in [0.1, 0.15) is 21.7 Å². The number of carbonyl (C=O) groups excluding carboxylic acids is 3. The number of carbonyl (C=O) groups is 3. The number of anilines is 1. The molecule has 1 fully saturated rings. The molecule has 1 atom stereocenters. The average molecular weight is 463 g/mol. The van der Waals surface area contributed by atoms with E-state index in [2.05, 4.69) is 15.4 Å². The van der Waals surface area contributed by atoms with E-state index in [1.165, 1.54) is 37.4 Å². The van der Waals surface area contributed by atoms with Gasteiger partial charge in [-0.3, -0.25) is 9.59 Å². The van der Waals surface area contributed by atoms with Crippen molar-refractivity contribution in [2.45, 2.75) is 17.4 Å². The van der Waals surface area contributed by atoms with Crippen molar-refractivity contribution in [3.63, 3.8) is 0 Å². The Bertz CT molecular complexity index is 1170. The van der Waals surface area contributed by atoms with Crippen molar-refractivity contribution in [1.29, 1.82) is 5.26 Å². The average Bonchev–Trinajstić information content (AvgIpc) is 3.22. The molecule has 2 aromatic rings. The summed E-state index contributed by atoms with van der Waals surface area (Å²) in [5.41, 5.74) is 0.153. The number of methoxy groups -OCH3 is 1. The van der Waals surface area contributed by atoms with Gasteiger partial charge in [0.25, 0.3) is 0 Å². The zero-order chi connectivity index (χ0) is 22.6. The van der Waals surface area contributed by atoms with Crippen LogP contribution in [-0.4, -0.2) is 56.7 Å². The minimum Gasteiger partial charge on any atom is -0.465 e. The van der Waals surface area contributed by atoms with Crippen molar-refractivity contribution >= 4 is 44.8 Å². The van der Waals surface area contributed by atoms with Gasteiger partial charge in [-0.05, 0) is 23.6 Å². The molecule has 0 radical (unpaired) electrons. The summed E-state index contributed by atoms with van der Waals surface area (Å²) in [6.07, 6.45) is -0.476. The zero-order valence-electron chi connectivity index (χ0n) is 16.3. The number of hydrogen-bond donors (Lipinski definition) is 2. The molecule has 31 heavy (non-hydrogen) atoms. The van der Waals surface area contributed by atoms with E-state index in [1.54, 1.807) is 5.38 Å². The fourth-order valence-electron chi connectivity index (χ4n) is 3.12. The van der Waals surface area contributed by atoms with Crippen LogP contribution in [0.4, 0.5) is 5.69 Å². The third kappa shape index (κ3) is 4.58. The molecule has 1 aliphatic rings. The van der Waals surface area contributed by atoms with Crippen molar-refractivity contribution < 1.29 is 27.5 Å². The number of ether oxygens (including phenoxy) is 1. The van der Waals surface area contributed by atoms with Crippen molar-refractivity contribution in [2.75, 3.05) is 25.5 Å². The van der Waals surface area contributed by atoms with Gasteiger partial charge in [0.1, 0.15) is 17.0 Å². The molecule has 1 aliphatic heterocycles. The molecule has 10 nitrogen and oxygen atoms in total. The van der Waals surface area contributed by atoms with Gasteiger partial charge in [0.15, 0.2) is 0 Å². The first-order valence-corrected chi connectivity index (χ1v) is 11.4. The largest absolute Gasteiger partial charge is 0.465 e. The first kappa shape index (κ1) is 22.4. The lowest BCUT2D eigenvalue weighted by atomic mass is 10.1. The number of benzene rings is 1. The van der Waals surface area contributed by atoms with Gasteiger partial charge in [0.05, 0.1) is 29.7 Å². The normalized spacial score (nSPS) is 16.8. The molecule has 12 heteroatoms. The summed E-state index contributed by atoms with van der Waals surface area (Å²) in [7, 11) is -3.01. The molecule has 0 bridgehead atoms. The molecule has 1 aromatic carbocycles. The minimum absolute atomic E-state index is 0.0577. The Hall–Kier alpha value is -3.27. The number of nitriles is 1. The second kappa shape index (κ2) is 9.25. The number of esters is 1. The second-order valence-corrected chi connectivity index (χ2v) is 9.21. The molecule has 0 aliphatic carbocycles.